The Kier molecular flexibility index (Phi) is 4.15. The standard InChI is InChI=1S/C11H5Cl3FNS/c12-8-5-9(13)11(16-10(8)14)17-7-3-1-2-6(15)4-7/h1-5H. The third-order valence-electron chi connectivity index (χ3n) is 1.87. The normalized spacial score (nSPS) is 10.6. The highest BCUT2D eigenvalue weighted by atomic mass is 35.5. The van der Waals surface area contributed by atoms with Gasteiger partial charge in [-0.05, 0) is 24.3 Å². The van der Waals surface area contributed by atoms with Gasteiger partial charge in [-0.25, -0.2) is 9.37 Å². The fraction of sp³-hybridized carbons (Fsp3) is 0. The van der Waals surface area contributed by atoms with E-state index in [4.69, 9.17) is 34.8 Å². The molecule has 1 aromatic carbocycles. The van der Waals surface area contributed by atoms with Crippen molar-refractivity contribution in [2.24, 2.45) is 0 Å². The molecule has 0 N–H and O–H groups in total. The van der Waals surface area contributed by atoms with Gasteiger partial charge in [0.25, 0.3) is 0 Å². The van der Waals surface area contributed by atoms with Gasteiger partial charge in [0.05, 0.1) is 10.0 Å². The Balaban J connectivity index is 2.33. The van der Waals surface area contributed by atoms with Crippen molar-refractivity contribution >= 4 is 46.6 Å². The number of halogens is 4. The van der Waals surface area contributed by atoms with Crippen molar-refractivity contribution in [1.29, 1.82) is 0 Å². The smallest absolute Gasteiger partial charge is 0.149 e. The van der Waals surface area contributed by atoms with Gasteiger partial charge in [-0.2, -0.15) is 0 Å². The molecule has 0 fully saturated rings. The first-order valence-electron chi connectivity index (χ1n) is 4.51. The van der Waals surface area contributed by atoms with E-state index in [1.165, 1.54) is 30.0 Å². The predicted molar refractivity (Wildman–Crippen MR) is 69.8 cm³/mol. The Bertz CT molecular complexity index is 562. The molecule has 1 heterocycles. The maximum atomic E-state index is 13.0. The van der Waals surface area contributed by atoms with Crippen LogP contribution in [0.1, 0.15) is 0 Å². The summed E-state index contributed by atoms with van der Waals surface area (Å²) in [5.41, 5.74) is 0. The van der Waals surface area contributed by atoms with E-state index in [1.807, 2.05) is 0 Å². The summed E-state index contributed by atoms with van der Waals surface area (Å²) in [6, 6.07) is 7.65. The molecule has 6 heteroatoms. The van der Waals surface area contributed by atoms with E-state index < -0.39 is 0 Å². The number of pyridine rings is 1. The molecule has 1 aromatic heterocycles. The van der Waals surface area contributed by atoms with Gasteiger partial charge in [-0.1, -0.05) is 52.6 Å². The topological polar surface area (TPSA) is 12.9 Å². The SMILES string of the molecule is Fc1cccc(Sc2nc(Cl)c(Cl)cc2Cl)c1. The van der Waals surface area contributed by atoms with Gasteiger partial charge < -0.3 is 0 Å². The van der Waals surface area contributed by atoms with Gasteiger partial charge in [-0.15, -0.1) is 0 Å². The number of benzene rings is 1. The predicted octanol–water partition coefficient (Wildman–Crippen LogP) is 5.33. The lowest BCUT2D eigenvalue weighted by Gasteiger charge is -2.05. The van der Waals surface area contributed by atoms with E-state index in [2.05, 4.69) is 4.98 Å². The summed E-state index contributed by atoms with van der Waals surface area (Å²) >= 11 is 18.8. The van der Waals surface area contributed by atoms with Gasteiger partial charge >= 0.3 is 0 Å². The van der Waals surface area contributed by atoms with Crippen molar-refractivity contribution in [2.75, 3.05) is 0 Å². The van der Waals surface area contributed by atoms with E-state index in [9.17, 15) is 4.39 Å². The molecule has 17 heavy (non-hydrogen) atoms. The summed E-state index contributed by atoms with van der Waals surface area (Å²) in [5.74, 6) is -0.314. The summed E-state index contributed by atoms with van der Waals surface area (Å²) in [6.07, 6.45) is 0. The first kappa shape index (κ1) is 13.0. The van der Waals surface area contributed by atoms with Crippen LogP contribution >= 0.6 is 46.6 Å². The zero-order valence-electron chi connectivity index (χ0n) is 8.25. The number of rotatable bonds is 2. The monoisotopic (exact) mass is 307 g/mol. The maximum absolute atomic E-state index is 13.0. The number of nitrogens with zero attached hydrogens (tertiary/aromatic N) is 1. The molecule has 2 aromatic rings. The zero-order valence-corrected chi connectivity index (χ0v) is 11.3. The van der Waals surface area contributed by atoms with Crippen molar-refractivity contribution < 1.29 is 4.39 Å². The molecule has 0 saturated heterocycles. The third kappa shape index (κ3) is 3.26. The lowest BCUT2D eigenvalue weighted by molar-refractivity contribution is 0.624. The van der Waals surface area contributed by atoms with Crippen LogP contribution in [0.3, 0.4) is 0 Å². The molecule has 0 amide bonds. The fourth-order valence-corrected chi connectivity index (χ4v) is 2.64. The Morgan fingerprint density at radius 1 is 1.06 bits per heavy atom. The minimum absolute atomic E-state index is 0.176. The van der Waals surface area contributed by atoms with Crippen LogP contribution in [0.4, 0.5) is 4.39 Å². The minimum Gasteiger partial charge on any atom is -0.226 e. The Morgan fingerprint density at radius 2 is 1.82 bits per heavy atom. The van der Waals surface area contributed by atoms with Crippen molar-refractivity contribution in [3.63, 3.8) is 0 Å². The second-order valence-electron chi connectivity index (χ2n) is 3.11. The van der Waals surface area contributed by atoms with Gasteiger partial charge in [0.2, 0.25) is 0 Å². The summed E-state index contributed by atoms with van der Waals surface area (Å²) in [7, 11) is 0. The first-order valence-corrected chi connectivity index (χ1v) is 6.46. The Morgan fingerprint density at radius 3 is 2.53 bits per heavy atom. The lowest BCUT2D eigenvalue weighted by atomic mass is 10.4. The highest BCUT2D eigenvalue weighted by Gasteiger charge is 2.09. The molecule has 0 unspecified atom stereocenters. The summed E-state index contributed by atoms with van der Waals surface area (Å²) < 4.78 is 13.0. The molecule has 0 saturated carbocycles. The molecule has 1 nitrogen and oxygen atoms in total. The summed E-state index contributed by atoms with van der Waals surface area (Å²) in [5, 5.41) is 1.34. The molecule has 0 spiro atoms. The van der Waals surface area contributed by atoms with E-state index in [1.54, 1.807) is 12.1 Å². The van der Waals surface area contributed by atoms with E-state index in [0.717, 1.165) is 0 Å². The highest BCUT2D eigenvalue weighted by molar-refractivity contribution is 7.99. The quantitative estimate of drug-likeness (QED) is 0.695. The second kappa shape index (κ2) is 5.44. The minimum atomic E-state index is -0.314. The molecule has 0 bridgehead atoms. The lowest BCUT2D eigenvalue weighted by Crippen LogP contribution is -1.85. The van der Waals surface area contributed by atoms with Gasteiger partial charge in [0.15, 0.2) is 0 Å². The molecule has 0 aliphatic carbocycles. The second-order valence-corrected chi connectivity index (χ2v) is 5.34. The van der Waals surface area contributed by atoms with Crippen molar-refractivity contribution in [3.8, 4) is 0 Å². The van der Waals surface area contributed by atoms with Crippen LogP contribution in [0.25, 0.3) is 0 Å². The van der Waals surface area contributed by atoms with Crippen LogP contribution in [0.15, 0.2) is 40.3 Å². The number of aromatic nitrogens is 1. The van der Waals surface area contributed by atoms with Crippen LogP contribution in [-0.4, -0.2) is 4.98 Å². The number of hydrogen-bond donors (Lipinski definition) is 0. The van der Waals surface area contributed by atoms with Crippen molar-refractivity contribution in [1.82, 2.24) is 4.98 Å². The Labute approximate surface area is 117 Å². The largest absolute Gasteiger partial charge is 0.226 e. The van der Waals surface area contributed by atoms with Crippen LogP contribution in [0.5, 0.6) is 0 Å². The average Bonchev–Trinajstić information content (AvgIpc) is 2.26. The summed E-state index contributed by atoms with van der Waals surface area (Å²) in [4.78, 5) is 4.73. The molecule has 0 radical (unpaired) electrons. The third-order valence-corrected chi connectivity index (χ3v) is 3.93. The van der Waals surface area contributed by atoms with Crippen LogP contribution < -0.4 is 0 Å². The number of hydrogen-bond acceptors (Lipinski definition) is 2. The van der Waals surface area contributed by atoms with Crippen molar-refractivity contribution in [3.05, 3.63) is 51.3 Å². The van der Waals surface area contributed by atoms with Crippen LogP contribution in [0, 0.1) is 5.82 Å². The molecular weight excluding hydrogens is 304 g/mol. The molecule has 88 valence electrons. The van der Waals surface area contributed by atoms with E-state index in [0.29, 0.717) is 20.0 Å². The first-order chi connectivity index (χ1) is 8.06. The molecule has 0 atom stereocenters. The highest BCUT2D eigenvalue weighted by Crippen LogP contribution is 2.35. The van der Waals surface area contributed by atoms with Gasteiger partial charge in [-0.3, -0.25) is 0 Å². The average molecular weight is 309 g/mol. The molecule has 0 aliphatic rings. The van der Waals surface area contributed by atoms with Gasteiger partial charge in [0, 0.05) is 4.90 Å². The molecular formula is C11H5Cl3FNS. The van der Waals surface area contributed by atoms with E-state index in [-0.39, 0.29) is 11.0 Å². The van der Waals surface area contributed by atoms with Crippen LogP contribution in [-0.2, 0) is 0 Å². The van der Waals surface area contributed by atoms with Gasteiger partial charge in [0.1, 0.15) is 16.0 Å². The zero-order chi connectivity index (χ0) is 12.4. The molecule has 2 rings (SSSR count). The van der Waals surface area contributed by atoms with E-state index >= 15 is 0 Å². The maximum Gasteiger partial charge on any atom is 0.149 e. The summed E-state index contributed by atoms with van der Waals surface area (Å²) in [6.45, 7) is 0. The molecule has 0 aliphatic heterocycles. The fourth-order valence-electron chi connectivity index (χ4n) is 1.14. The Hall–Kier alpha value is -0.480. The van der Waals surface area contributed by atoms with Crippen molar-refractivity contribution in [2.45, 2.75) is 9.92 Å². The van der Waals surface area contributed by atoms with Crippen LogP contribution in [0.2, 0.25) is 15.2 Å².